The second-order valence-corrected chi connectivity index (χ2v) is 9.30. The molecule has 4 heterocycles. The highest BCUT2D eigenvalue weighted by atomic mass is 35.5. The highest BCUT2D eigenvalue weighted by Crippen LogP contribution is 2.21. The predicted octanol–water partition coefficient (Wildman–Crippen LogP) is 2.97. The summed E-state index contributed by atoms with van der Waals surface area (Å²) in [5.41, 5.74) is 1.90. The number of hydrogen-bond donors (Lipinski definition) is 0. The lowest BCUT2D eigenvalue weighted by molar-refractivity contribution is -0.131. The summed E-state index contributed by atoms with van der Waals surface area (Å²) < 4.78 is 4.15. The number of aromatic nitrogens is 4. The molecule has 0 spiro atoms. The van der Waals surface area contributed by atoms with Gasteiger partial charge in [-0.15, -0.1) is 21.5 Å². The van der Waals surface area contributed by atoms with Crippen molar-refractivity contribution < 1.29 is 4.79 Å². The molecule has 1 aliphatic rings. The highest BCUT2D eigenvalue weighted by Gasteiger charge is 2.21. The molecule has 8 nitrogen and oxygen atoms in total. The van der Waals surface area contributed by atoms with Crippen molar-refractivity contribution in [3.05, 3.63) is 56.9 Å². The maximum Gasteiger partial charge on any atom is 0.272 e. The van der Waals surface area contributed by atoms with Gasteiger partial charge in [0, 0.05) is 56.8 Å². The third-order valence-electron chi connectivity index (χ3n) is 6.01. The van der Waals surface area contributed by atoms with Crippen LogP contribution in [0.2, 0.25) is 5.02 Å². The van der Waals surface area contributed by atoms with Crippen LogP contribution in [0.3, 0.4) is 0 Å². The zero-order chi connectivity index (χ0) is 22.2. The van der Waals surface area contributed by atoms with E-state index in [0.29, 0.717) is 42.8 Å². The molecule has 0 bridgehead atoms. The summed E-state index contributed by atoms with van der Waals surface area (Å²) in [5, 5.41) is 11.1. The Balaban J connectivity index is 1.20. The van der Waals surface area contributed by atoms with Crippen LogP contribution in [-0.2, 0) is 18.3 Å². The molecule has 0 atom stereocenters. The number of benzene rings is 1. The minimum Gasteiger partial charge on any atom is -0.368 e. The number of aryl methyl sites for hydroxylation is 2. The van der Waals surface area contributed by atoms with Crippen molar-refractivity contribution in [2.45, 2.75) is 19.3 Å². The molecule has 1 aromatic carbocycles. The van der Waals surface area contributed by atoms with Crippen molar-refractivity contribution in [3.63, 3.8) is 0 Å². The van der Waals surface area contributed by atoms with Crippen molar-refractivity contribution in [2.75, 3.05) is 31.1 Å². The molecule has 1 saturated heterocycles. The molecule has 1 fully saturated rings. The summed E-state index contributed by atoms with van der Waals surface area (Å²) in [5.74, 6) is 1.47. The van der Waals surface area contributed by atoms with Gasteiger partial charge in [-0.1, -0.05) is 11.6 Å². The fraction of sp³-hybridized carbons (Fsp3) is 0.364. The van der Waals surface area contributed by atoms with Gasteiger partial charge in [0.15, 0.2) is 0 Å². The van der Waals surface area contributed by atoms with Gasteiger partial charge in [0.25, 0.3) is 5.56 Å². The van der Waals surface area contributed by atoms with Crippen LogP contribution in [0.4, 0.5) is 5.69 Å². The zero-order valence-corrected chi connectivity index (χ0v) is 19.3. The lowest BCUT2D eigenvalue weighted by atomic mass is 10.2. The summed E-state index contributed by atoms with van der Waals surface area (Å²) >= 11 is 7.40. The Morgan fingerprint density at radius 2 is 1.84 bits per heavy atom. The summed E-state index contributed by atoms with van der Waals surface area (Å²) in [7, 11) is 1.71. The van der Waals surface area contributed by atoms with E-state index < -0.39 is 0 Å². The van der Waals surface area contributed by atoms with Crippen LogP contribution in [-0.4, -0.2) is 56.2 Å². The lowest BCUT2D eigenvalue weighted by Gasteiger charge is -2.36. The van der Waals surface area contributed by atoms with E-state index in [-0.39, 0.29) is 11.5 Å². The lowest BCUT2D eigenvalue weighted by Crippen LogP contribution is -2.48. The average molecular weight is 471 g/mol. The summed E-state index contributed by atoms with van der Waals surface area (Å²) in [6.45, 7) is 3.05. The van der Waals surface area contributed by atoms with Crippen molar-refractivity contribution in [1.29, 1.82) is 0 Å². The topological polar surface area (TPSA) is 75.7 Å². The molecule has 10 heteroatoms. The Kier molecular flexibility index (Phi) is 5.60. The number of carbonyl (C=O) groups excluding carboxylic acids is 1. The Labute approximate surface area is 193 Å². The van der Waals surface area contributed by atoms with Crippen molar-refractivity contribution >= 4 is 50.5 Å². The molecule has 4 aromatic rings. The molecule has 0 N–H and O–H groups in total. The second-order valence-electron chi connectivity index (χ2n) is 7.95. The smallest absolute Gasteiger partial charge is 0.272 e. The van der Waals surface area contributed by atoms with Gasteiger partial charge >= 0.3 is 0 Å². The molecule has 3 aromatic heterocycles. The molecular weight excluding hydrogens is 448 g/mol. The summed E-state index contributed by atoms with van der Waals surface area (Å²) in [4.78, 5) is 29.4. The first-order chi connectivity index (χ1) is 15.5. The third kappa shape index (κ3) is 3.75. The molecule has 32 heavy (non-hydrogen) atoms. The molecule has 0 unspecified atom stereocenters. The number of thiophene rings is 1. The predicted molar refractivity (Wildman–Crippen MR) is 127 cm³/mol. The van der Waals surface area contributed by atoms with Gasteiger partial charge in [0.2, 0.25) is 11.7 Å². The number of amides is 1. The fourth-order valence-electron chi connectivity index (χ4n) is 4.24. The minimum absolute atomic E-state index is 0.0608. The number of fused-ring (bicyclic) bond motifs is 3. The van der Waals surface area contributed by atoms with Crippen LogP contribution in [0, 0.1) is 0 Å². The molecule has 0 aliphatic carbocycles. The number of rotatable bonds is 5. The van der Waals surface area contributed by atoms with Crippen LogP contribution in [0.1, 0.15) is 18.7 Å². The Morgan fingerprint density at radius 1 is 1.09 bits per heavy atom. The van der Waals surface area contributed by atoms with Gasteiger partial charge in [-0.25, -0.2) is 0 Å². The minimum atomic E-state index is -0.0608. The Hall–Kier alpha value is -2.91. The molecule has 1 amide bonds. The largest absolute Gasteiger partial charge is 0.368 e. The molecule has 1 aliphatic heterocycles. The maximum absolute atomic E-state index is 12.8. The van der Waals surface area contributed by atoms with Gasteiger partial charge in [-0.05, 0) is 42.1 Å². The number of carbonyl (C=O) groups is 1. The van der Waals surface area contributed by atoms with E-state index >= 15 is 0 Å². The number of nitrogens with zero attached hydrogens (tertiary/aromatic N) is 6. The first-order valence-corrected chi connectivity index (χ1v) is 11.9. The summed E-state index contributed by atoms with van der Waals surface area (Å²) in [6, 6.07) is 9.74. The maximum atomic E-state index is 12.8. The van der Waals surface area contributed by atoms with E-state index in [1.165, 1.54) is 15.9 Å². The van der Waals surface area contributed by atoms with Crippen LogP contribution in [0.25, 0.3) is 16.0 Å². The van der Waals surface area contributed by atoms with Gasteiger partial charge < -0.3 is 9.80 Å². The quantitative estimate of drug-likeness (QED) is 0.448. The van der Waals surface area contributed by atoms with E-state index in [4.69, 9.17) is 11.6 Å². The van der Waals surface area contributed by atoms with Crippen molar-refractivity contribution in [1.82, 2.24) is 24.1 Å². The van der Waals surface area contributed by atoms with Crippen LogP contribution >= 0.6 is 22.9 Å². The van der Waals surface area contributed by atoms with E-state index in [9.17, 15) is 9.59 Å². The highest BCUT2D eigenvalue weighted by molar-refractivity contribution is 7.17. The Morgan fingerprint density at radius 3 is 2.59 bits per heavy atom. The standard InChI is InChI=1S/C22H23ClN6O2S/c1-26-21(31)20-17(9-14-32-20)29-18(24-25-22(26)29)3-2-4-19(30)28-12-10-27(11-13-28)16-7-5-15(23)6-8-16/h5-9,14H,2-4,10-13H2,1H3. The van der Waals surface area contributed by atoms with Crippen molar-refractivity contribution in [3.8, 4) is 0 Å². The Bertz CT molecular complexity index is 1330. The van der Waals surface area contributed by atoms with Crippen LogP contribution in [0.5, 0.6) is 0 Å². The molecule has 5 rings (SSSR count). The number of anilines is 1. The van der Waals surface area contributed by atoms with Gasteiger partial charge in [-0.3, -0.25) is 18.6 Å². The van der Waals surface area contributed by atoms with Crippen LogP contribution in [0.15, 0.2) is 40.5 Å². The molecule has 166 valence electrons. The summed E-state index contributed by atoms with van der Waals surface area (Å²) in [6.07, 6.45) is 1.78. The molecule has 0 radical (unpaired) electrons. The van der Waals surface area contributed by atoms with E-state index in [1.54, 1.807) is 7.05 Å². The second kappa shape index (κ2) is 8.55. The number of piperazine rings is 1. The van der Waals surface area contributed by atoms with Crippen molar-refractivity contribution in [2.24, 2.45) is 7.05 Å². The molecular formula is C22H23ClN6O2S. The third-order valence-corrected chi connectivity index (χ3v) is 7.16. The normalized spacial score (nSPS) is 14.6. The monoisotopic (exact) mass is 470 g/mol. The number of halogens is 1. The average Bonchev–Trinajstić information content (AvgIpc) is 3.45. The number of hydrogen-bond acceptors (Lipinski definition) is 6. The van der Waals surface area contributed by atoms with Gasteiger partial charge in [-0.2, -0.15) is 0 Å². The molecule has 0 saturated carbocycles. The van der Waals surface area contributed by atoms with E-state index in [1.807, 2.05) is 45.0 Å². The fourth-order valence-corrected chi connectivity index (χ4v) is 5.21. The first kappa shape index (κ1) is 21.0. The van der Waals surface area contributed by atoms with Gasteiger partial charge in [0.05, 0.1) is 5.52 Å². The SMILES string of the molecule is Cn1c(=O)c2sccc2n2c(CCCC(=O)N3CCN(c4ccc(Cl)cc4)CC3)nnc12. The van der Waals surface area contributed by atoms with Gasteiger partial charge in [0.1, 0.15) is 10.5 Å². The first-order valence-electron chi connectivity index (χ1n) is 10.6. The zero-order valence-electron chi connectivity index (χ0n) is 17.7. The van der Waals surface area contributed by atoms with Crippen LogP contribution < -0.4 is 10.5 Å². The van der Waals surface area contributed by atoms with E-state index in [2.05, 4.69) is 15.1 Å². The van der Waals surface area contributed by atoms with E-state index in [0.717, 1.165) is 35.1 Å².